The molecule has 2 aromatic rings. The molecule has 2 aromatic carbocycles. The van der Waals surface area contributed by atoms with Crippen LogP contribution in [0.25, 0.3) is 6.08 Å². The van der Waals surface area contributed by atoms with Gasteiger partial charge in [-0.15, -0.1) is 0 Å². The van der Waals surface area contributed by atoms with Crippen molar-refractivity contribution in [1.82, 2.24) is 4.90 Å². The van der Waals surface area contributed by atoms with Crippen molar-refractivity contribution in [1.29, 1.82) is 0 Å². The molecule has 0 radical (unpaired) electrons. The first-order chi connectivity index (χ1) is 15.6. The van der Waals surface area contributed by atoms with Crippen LogP contribution in [0.15, 0.2) is 58.4 Å². The lowest BCUT2D eigenvalue weighted by Crippen LogP contribution is -2.36. The Morgan fingerprint density at radius 1 is 1.19 bits per heavy atom. The van der Waals surface area contributed by atoms with Gasteiger partial charge in [-0.25, -0.2) is 4.99 Å². The number of hydrogen-bond donors (Lipinski definition) is 0. The molecule has 0 saturated carbocycles. The first-order valence-corrected chi connectivity index (χ1v) is 11.3. The van der Waals surface area contributed by atoms with Gasteiger partial charge >= 0.3 is 0 Å². The zero-order valence-corrected chi connectivity index (χ0v) is 18.6. The number of nitro groups is 1. The minimum atomic E-state index is -0.416. The van der Waals surface area contributed by atoms with Gasteiger partial charge in [0.05, 0.1) is 28.7 Å². The zero-order valence-electron chi connectivity index (χ0n) is 17.8. The van der Waals surface area contributed by atoms with Crippen molar-refractivity contribution in [2.45, 2.75) is 13.3 Å². The molecule has 1 amide bonds. The van der Waals surface area contributed by atoms with E-state index in [0.717, 1.165) is 17.8 Å². The second-order valence-electron chi connectivity index (χ2n) is 7.40. The Balaban J connectivity index is 1.73. The van der Waals surface area contributed by atoms with Gasteiger partial charge in [-0.05, 0) is 42.5 Å². The van der Waals surface area contributed by atoms with Crippen molar-refractivity contribution in [3.63, 3.8) is 0 Å². The Hall–Kier alpha value is -3.17. The van der Waals surface area contributed by atoms with Gasteiger partial charge in [0, 0.05) is 43.0 Å². The number of non-ortho nitro benzene ring substituents is 1. The number of nitrogens with zero attached hydrogens (tertiary/aromatic N) is 4. The Morgan fingerprint density at radius 3 is 2.62 bits per heavy atom. The third kappa shape index (κ3) is 4.84. The molecule has 2 heterocycles. The Morgan fingerprint density at radius 2 is 1.94 bits per heavy atom. The summed E-state index contributed by atoms with van der Waals surface area (Å²) < 4.78 is 5.44. The zero-order chi connectivity index (χ0) is 22.5. The molecule has 0 unspecified atom stereocenters. The van der Waals surface area contributed by atoms with Crippen molar-refractivity contribution >= 4 is 46.0 Å². The van der Waals surface area contributed by atoms with Crippen LogP contribution in [-0.4, -0.2) is 53.7 Å². The van der Waals surface area contributed by atoms with E-state index in [4.69, 9.17) is 4.74 Å². The highest BCUT2D eigenvalue weighted by Crippen LogP contribution is 2.37. The summed E-state index contributed by atoms with van der Waals surface area (Å²) in [5.41, 5.74) is 2.27. The molecule has 9 heteroatoms. The number of amides is 1. The van der Waals surface area contributed by atoms with Crippen LogP contribution in [0.4, 0.5) is 17.1 Å². The van der Waals surface area contributed by atoms with E-state index in [-0.39, 0.29) is 11.6 Å². The van der Waals surface area contributed by atoms with Crippen molar-refractivity contribution in [3.05, 3.63) is 69.1 Å². The molecule has 166 valence electrons. The summed E-state index contributed by atoms with van der Waals surface area (Å²) in [5.74, 6) is -0.133. The predicted octanol–water partition coefficient (Wildman–Crippen LogP) is 4.45. The number of anilines is 1. The summed E-state index contributed by atoms with van der Waals surface area (Å²) in [5, 5.41) is 12.0. The first kappa shape index (κ1) is 22.0. The van der Waals surface area contributed by atoms with Crippen molar-refractivity contribution in [2.24, 2.45) is 4.99 Å². The maximum Gasteiger partial charge on any atom is 0.270 e. The number of ether oxygens (including phenoxy) is 1. The number of nitro benzene ring substituents is 1. The molecule has 0 spiro atoms. The van der Waals surface area contributed by atoms with Crippen molar-refractivity contribution < 1.29 is 14.5 Å². The van der Waals surface area contributed by atoms with E-state index >= 15 is 0 Å². The molecule has 32 heavy (non-hydrogen) atoms. The number of para-hydroxylation sites is 1. The third-order valence-corrected chi connectivity index (χ3v) is 6.18. The van der Waals surface area contributed by atoms with Crippen LogP contribution in [0.1, 0.15) is 18.9 Å². The number of carbonyl (C=O) groups excluding carboxylic acids is 1. The SMILES string of the molecule is CCCN1C(=O)/C(=C\c2cc([N+](=O)[O-])ccc2N2CCOCC2)SC1=Nc1ccccc1. The highest BCUT2D eigenvalue weighted by Gasteiger charge is 2.33. The van der Waals surface area contributed by atoms with Crippen LogP contribution in [-0.2, 0) is 9.53 Å². The van der Waals surface area contributed by atoms with Gasteiger partial charge in [-0.1, -0.05) is 25.1 Å². The van der Waals surface area contributed by atoms with Gasteiger partial charge < -0.3 is 9.64 Å². The van der Waals surface area contributed by atoms with Gasteiger partial charge in [0.15, 0.2) is 5.17 Å². The maximum absolute atomic E-state index is 13.2. The molecular weight excluding hydrogens is 428 g/mol. The second-order valence-corrected chi connectivity index (χ2v) is 8.41. The van der Waals surface area contributed by atoms with Gasteiger partial charge in [-0.2, -0.15) is 0 Å². The average molecular weight is 453 g/mol. The van der Waals surface area contributed by atoms with E-state index in [1.54, 1.807) is 17.0 Å². The number of thioether (sulfide) groups is 1. The fourth-order valence-corrected chi connectivity index (χ4v) is 4.65. The van der Waals surface area contributed by atoms with Crippen LogP contribution in [0.5, 0.6) is 0 Å². The topological polar surface area (TPSA) is 88.3 Å². The van der Waals surface area contributed by atoms with Crippen LogP contribution in [0.2, 0.25) is 0 Å². The van der Waals surface area contributed by atoms with Gasteiger partial charge in [0.25, 0.3) is 11.6 Å². The molecule has 2 saturated heterocycles. The standard InChI is InChI=1S/C23H24N4O4S/c1-2-10-26-22(28)21(32-23(26)24-18-6-4-3-5-7-18)16-17-15-19(27(29)30)8-9-20(17)25-11-13-31-14-12-25/h3-9,15-16H,2,10-14H2,1H3/b21-16+,24-23?. The molecule has 4 rings (SSSR count). The Labute approximate surface area is 190 Å². The lowest BCUT2D eigenvalue weighted by atomic mass is 10.1. The fraction of sp³-hybridized carbons (Fsp3) is 0.304. The summed E-state index contributed by atoms with van der Waals surface area (Å²) in [6.07, 6.45) is 2.55. The van der Waals surface area contributed by atoms with Gasteiger partial charge in [-0.3, -0.25) is 19.8 Å². The number of carbonyl (C=O) groups is 1. The third-order valence-electron chi connectivity index (χ3n) is 5.18. The predicted molar refractivity (Wildman–Crippen MR) is 127 cm³/mol. The number of aliphatic imine (C=N–C) groups is 1. The maximum atomic E-state index is 13.2. The number of hydrogen-bond acceptors (Lipinski definition) is 7. The molecule has 0 atom stereocenters. The molecule has 2 aliphatic rings. The normalized spacial score (nSPS) is 19.2. The summed E-state index contributed by atoms with van der Waals surface area (Å²) in [4.78, 5) is 33.1. The van der Waals surface area contributed by atoms with E-state index < -0.39 is 4.92 Å². The van der Waals surface area contributed by atoms with E-state index in [9.17, 15) is 14.9 Å². The molecule has 0 N–H and O–H groups in total. The average Bonchev–Trinajstić information content (AvgIpc) is 3.09. The molecule has 2 fully saturated rings. The first-order valence-electron chi connectivity index (χ1n) is 10.5. The Bertz CT molecular complexity index is 1060. The van der Waals surface area contributed by atoms with Crippen molar-refractivity contribution in [2.75, 3.05) is 37.7 Å². The van der Waals surface area contributed by atoms with Crippen LogP contribution >= 0.6 is 11.8 Å². The van der Waals surface area contributed by atoms with Crippen molar-refractivity contribution in [3.8, 4) is 0 Å². The quantitative estimate of drug-likeness (QED) is 0.366. The van der Waals surface area contributed by atoms with E-state index in [2.05, 4.69) is 9.89 Å². The minimum absolute atomic E-state index is 0.00658. The smallest absolute Gasteiger partial charge is 0.270 e. The molecule has 0 aromatic heterocycles. The minimum Gasteiger partial charge on any atom is -0.378 e. The van der Waals surface area contributed by atoms with Crippen LogP contribution in [0.3, 0.4) is 0 Å². The summed E-state index contributed by atoms with van der Waals surface area (Å²) in [6.45, 7) is 5.14. The number of rotatable bonds is 6. The summed E-state index contributed by atoms with van der Waals surface area (Å²) in [6, 6.07) is 14.3. The van der Waals surface area contributed by atoms with E-state index in [0.29, 0.717) is 48.5 Å². The molecule has 0 bridgehead atoms. The van der Waals surface area contributed by atoms with Crippen LogP contribution in [0, 0.1) is 10.1 Å². The molecular formula is C23H24N4O4S. The van der Waals surface area contributed by atoms with Crippen LogP contribution < -0.4 is 4.90 Å². The largest absolute Gasteiger partial charge is 0.378 e. The monoisotopic (exact) mass is 452 g/mol. The number of benzene rings is 2. The lowest BCUT2D eigenvalue weighted by molar-refractivity contribution is -0.384. The molecule has 2 aliphatic heterocycles. The fourth-order valence-electron chi connectivity index (χ4n) is 3.63. The van der Waals surface area contributed by atoms with Gasteiger partial charge in [0.2, 0.25) is 0 Å². The van der Waals surface area contributed by atoms with E-state index in [1.165, 1.54) is 23.9 Å². The number of morpholine rings is 1. The molecule has 0 aliphatic carbocycles. The summed E-state index contributed by atoms with van der Waals surface area (Å²) in [7, 11) is 0. The Kier molecular flexibility index (Phi) is 6.87. The lowest BCUT2D eigenvalue weighted by Gasteiger charge is -2.30. The number of amidine groups is 1. The highest BCUT2D eigenvalue weighted by atomic mass is 32.2. The molecule has 8 nitrogen and oxygen atoms in total. The summed E-state index contributed by atoms with van der Waals surface area (Å²) >= 11 is 1.30. The highest BCUT2D eigenvalue weighted by molar-refractivity contribution is 8.18. The second kappa shape index (κ2) is 9.97. The van der Waals surface area contributed by atoms with E-state index in [1.807, 2.05) is 37.3 Å². The van der Waals surface area contributed by atoms with Gasteiger partial charge in [0.1, 0.15) is 0 Å².